The van der Waals surface area contributed by atoms with Crippen LogP contribution in [0.2, 0.25) is 0 Å². The molecule has 0 amide bonds. The summed E-state index contributed by atoms with van der Waals surface area (Å²) in [4.78, 5) is 12.7. The number of hydrogen-bond acceptors (Lipinski definition) is 3. The number of aliphatic hydroxyl groups is 1. The fourth-order valence-electron chi connectivity index (χ4n) is 3.65. The van der Waals surface area contributed by atoms with Gasteiger partial charge in [-0.3, -0.25) is 4.79 Å². The molecule has 2 bridgehead atoms. The van der Waals surface area contributed by atoms with Gasteiger partial charge in [-0.2, -0.15) is 0 Å². The lowest BCUT2D eigenvalue weighted by Gasteiger charge is -2.46. The highest BCUT2D eigenvalue weighted by Crippen LogP contribution is 2.54. The molecule has 0 aromatic carbocycles. The van der Waals surface area contributed by atoms with Gasteiger partial charge in [-0.15, -0.1) is 0 Å². The molecule has 3 unspecified atom stereocenters. The molecule has 0 spiro atoms. The molecule has 0 fully saturated rings. The standard InChI is InChI=1S/C18H24O3/c1-10(2)21-16-14(17(3,4)5)15(19)18(16,20)13-9-11-6-7-12(13)8-11/h6-7,9-12,20H,8H2,1-5H3. The van der Waals surface area contributed by atoms with E-state index in [2.05, 4.69) is 12.2 Å². The molecule has 3 nitrogen and oxygen atoms in total. The van der Waals surface area contributed by atoms with Crippen molar-refractivity contribution in [1.82, 2.24) is 0 Å². The predicted molar refractivity (Wildman–Crippen MR) is 81.5 cm³/mol. The van der Waals surface area contributed by atoms with Crippen molar-refractivity contribution in [2.24, 2.45) is 17.3 Å². The summed E-state index contributed by atoms with van der Waals surface area (Å²) in [5.41, 5.74) is -0.395. The first-order chi connectivity index (χ1) is 9.65. The molecule has 1 N–H and O–H groups in total. The van der Waals surface area contributed by atoms with Gasteiger partial charge in [-0.25, -0.2) is 0 Å². The molecule has 0 saturated heterocycles. The van der Waals surface area contributed by atoms with E-state index in [1.807, 2.05) is 40.7 Å². The number of hydrogen-bond donors (Lipinski definition) is 1. The summed E-state index contributed by atoms with van der Waals surface area (Å²) in [6, 6.07) is 0. The normalized spacial score (nSPS) is 34.6. The summed E-state index contributed by atoms with van der Waals surface area (Å²) in [6.45, 7) is 9.80. The zero-order valence-electron chi connectivity index (χ0n) is 13.4. The molecule has 3 rings (SSSR count). The molecule has 3 aliphatic rings. The van der Waals surface area contributed by atoms with Crippen molar-refractivity contribution in [3.8, 4) is 0 Å². The minimum absolute atomic E-state index is 0.0632. The highest BCUT2D eigenvalue weighted by Gasteiger charge is 2.61. The SMILES string of the molecule is CC(C)OC1=C(C(C)(C)C)C(=O)C1(O)C1=CC2C=CC1C2. The van der Waals surface area contributed by atoms with E-state index in [9.17, 15) is 9.90 Å². The summed E-state index contributed by atoms with van der Waals surface area (Å²) in [5, 5.41) is 11.1. The van der Waals surface area contributed by atoms with Crippen LogP contribution >= 0.6 is 0 Å². The molecule has 0 aromatic rings. The van der Waals surface area contributed by atoms with Gasteiger partial charge < -0.3 is 9.84 Å². The number of Topliss-reactive ketones (excluding diaryl/α,β-unsaturated/α-hetero) is 1. The van der Waals surface area contributed by atoms with Gasteiger partial charge >= 0.3 is 0 Å². The van der Waals surface area contributed by atoms with Gasteiger partial charge in [0, 0.05) is 11.5 Å². The van der Waals surface area contributed by atoms with Crippen molar-refractivity contribution < 1.29 is 14.6 Å². The predicted octanol–water partition coefficient (Wildman–Crippen LogP) is 3.16. The lowest BCUT2D eigenvalue weighted by Crippen LogP contribution is -2.57. The summed E-state index contributed by atoms with van der Waals surface area (Å²) >= 11 is 0. The van der Waals surface area contributed by atoms with E-state index in [1.165, 1.54) is 0 Å². The highest BCUT2D eigenvalue weighted by atomic mass is 16.5. The van der Waals surface area contributed by atoms with Gasteiger partial charge in [0.15, 0.2) is 0 Å². The second kappa shape index (κ2) is 4.33. The van der Waals surface area contributed by atoms with Gasteiger partial charge in [0.05, 0.1) is 6.10 Å². The van der Waals surface area contributed by atoms with Gasteiger partial charge in [0.25, 0.3) is 0 Å². The second-order valence-electron chi connectivity index (χ2n) is 7.67. The van der Waals surface area contributed by atoms with E-state index in [4.69, 9.17) is 4.74 Å². The smallest absolute Gasteiger partial charge is 0.207 e. The Morgan fingerprint density at radius 1 is 1.33 bits per heavy atom. The zero-order valence-corrected chi connectivity index (χ0v) is 13.4. The number of ketones is 1. The number of allylic oxidation sites excluding steroid dienone is 3. The van der Waals surface area contributed by atoms with Crippen LogP contribution in [0.25, 0.3) is 0 Å². The largest absolute Gasteiger partial charge is 0.491 e. The number of ether oxygens (including phenoxy) is 1. The van der Waals surface area contributed by atoms with Crippen LogP contribution in [0.15, 0.2) is 35.1 Å². The molecule has 0 saturated carbocycles. The Morgan fingerprint density at radius 2 is 2.00 bits per heavy atom. The Kier molecular flexibility index (Phi) is 3.00. The maximum Gasteiger partial charge on any atom is 0.207 e. The summed E-state index contributed by atoms with van der Waals surface area (Å²) < 4.78 is 5.88. The maximum absolute atomic E-state index is 12.7. The van der Waals surface area contributed by atoms with Crippen molar-refractivity contribution in [3.63, 3.8) is 0 Å². The number of carbonyl (C=O) groups excluding carboxylic acids is 1. The summed E-state index contributed by atoms with van der Waals surface area (Å²) in [5.74, 6) is 0.831. The molecule has 0 aliphatic heterocycles. The van der Waals surface area contributed by atoms with Gasteiger partial charge in [0.1, 0.15) is 5.76 Å². The van der Waals surface area contributed by atoms with E-state index < -0.39 is 5.60 Å². The third-order valence-electron chi connectivity index (χ3n) is 4.54. The lowest BCUT2D eigenvalue weighted by molar-refractivity contribution is -0.139. The Morgan fingerprint density at radius 3 is 2.43 bits per heavy atom. The molecule has 21 heavy (non-hydrogen) atoms. The van der Waals surface area contributed by atoms with E-state index in [1.54, 1.807) is 0 Å². The molecule has 0 aromatic heterocycles. The second-order valence-corrected chi connectivity index (χ2v) is 7.67. The number of fused-ring (bicyclic) bond motifs is 2. The first kappa shape index (κ1) is 14.6. The molecule has 3 atom stereocenters. The molecular formula is C18H24O3. The summed E-state index contributed by atoms with van der Waals surface area (Å²) in [7, 11) is 0. The average molecular weight is 288 g/mol. The average Bonchev–Trinajstić information content (AvgIpc) is 2.97. The third-order valence-corrected chi connectivity index (χ3v) is 4.54. The molecule has 0 heterocycles. The summed E-state index contributed by atoms with van der Waals surface area (Å²) in [6.07, 6.45) is 7.22. The van der Waals surface area contributed by atoms with Crippen molar-refractivity contribution in [2.45, 2.75) is 52.7 Å². The van der Waals surface area contributed by atoms with Crippen molar-refractivity contribution in [2.75, 3.05) is 0 Å². The van der Waals surface area contributed by atoms with Crippen LogP contribution in [0.5, 0.6) is 0 Å². The van der Waals surface area contributed by atoms with Gasteiger partial charge in [-0.05, 0) is 37.2 Å². The topological polar surface area (TPSA) is 46.5 Å². The Labute approximate surface area is 126 Å². The van der Waals surface area contributed by atoms with Crippen molar-refractivity contribution in [1.29, 1.82) is 0 Å². The zero-order chi connectivity index (χ0) is 15.6. The van der Waals surface area contributed by atoms with Gasteiger partial charge in [-0.1, -0.05) is 39.0 Å². The number of rotatable bonds is 3. The first-order valence-corrected chi connectivity index (χ1v) is 7.75. The fraction of sp³-hybridized carbons (Fsp3) is 0.611. The van der Waals surface area contributed by atoms with Crippen LogP contribution in [-0.4, -0.2) is 22.6 Å². The Hall–Kier alpha value is -1.35. The van der Waals surface area contributed by atoms with Crippen LogP contribution in [0.3, 0.4) is 0 Å². The molecule has 3 heteroatoms. The molecule has 114 valence electrons. The van der Waals surface area contributed by atoms with Crippen LogP contribution < -0.4 is 0 Å². The quantitative estimate of drug-likeness (QED) is 0.811. The number of carbonyl (C=O) groups is 1. The van der Waals surface area contributed by atoms with Gasteiger partial charge in [0.2, 0.25) is 11.4 Å². The Balaban J connectivity index is 2.05. The lowest BCUT2D eigenvalue weighted by atomic mass is 9.63. The molecule has 0 radical (unpaired) electrons. The third kappa shape index (κ3) is 1.94. The molecular weight excluding hydrogens is 264 g/mol. The maximum atomic E-state index is 12.7. The van der Waals surface area contributed by atoms with E-state index in [-0.39, 0.29) is 23.2 Å². The Bertz CT molecular complexity index is 586. The molecule has 3 aliphatic carbocycles. The van der Waals surface area contributed by atoms with Crippen molar-refractivity contribution in [3.05, 3.63) is 35.1 Å². The van der Waals surface area contributed by atoms with E-state index in [0.29, 0.717) is 17.3 Å². The monoisotopic (exact) mass is 288 g/mol. The first-order valence-electron chi connectivity index (χ1n) is 7.75. The van der Waals surface area contributed by atoms with Crippen molar-refractivity contribution >= 4 is 5.78 Å². The van der Waals surface area contributed by atoms with Crippen LogP contribution in [0, 0.1) is 17.3 Å². The minimum atomic E-state index is -1.53. The van der Waals surface area contributed by atoms with E-state index in [0.717, 1.165) is 12.0 Å². The van der Waals surface area contributed by atoms with Crippen LogP contribution in [0.4, 0.5) is 0 Å². The van der Waals surface area contributed by atoms with Crippen LogP contribution in [-0.2, 0) is 9.53 Å². The minimum Gasteiger partial charge on any atom is -0.491 e. The fourth-order valence-corrected chi connectivity index (χ4v) is 3.65. The highest BCUT2D eigenvalue weighted by molar-refractivity contribution is 6.15. The van der Waals surface area contributed by atoms with E-state index >= 15 is 0 Å². The van der Waals surface area contributed by atoms with Crippen LogP contribution in [0.1, 0.15) is 41.0 Å².